The summed E-state index contributed by atoms with van der Waals surface area (Å²) in [6.07, 6.45) is 68.4. The number of ether oxygens (including phenoxy) is 6. The normalized spacial score (nSPS) is 25.8. The van der Waals surface area contributed by atoms with Gasteiger partial charge in [0.25, 0.3) is 0 Å². The molecule has 3 saturated heterocycles. The fraction of sp³-hybridized carbons (Fsp3) is 0.811. The molecule has 17 atom stereocenters. The van der Waals surface area contributed by atoms with E-state index in [1.165, 1.54) is 218 Å². The Morgan fingerprint density at radius 2 is 0.642 bits per heavy atom. The summed E-state index contributed by atoms with van der Waals surface area (Å²) < 4.78 is 34.5. The zero-order chi connectivity index (χ0) is 78.8. The molecule has 0 aliphatic carbocycles. The highest BCUT2D eigenvalue weighted by Gasteiger charge is 2.54. The maximum atomic E-state index is 13.5. The van der Waals surface area contributed by atoms with E-state index in [0.29, 0.717) is 12.8 Å². The fourth-order valence-electron chi connectivity index (χ4n) is 14.4. The summed E-state index contributed by atoms with van der Waals surface area (Å²) in [7, 11) is 0. The number of aliphatic hydroxyl groups is 11. The number of unbranched alkanes of at least 4 members (excludes halogenated alkanes) is 40. The molecule has 19 heteroatoms. The van der Waals surface area contributed by atoms with Gasteiger partial charge in [0, 0.05) is 6.42 Å². The van der Waals surface area contributed by atoms with Crippen molar-refractivity contribution in [1.29, 1.82) is 0 Å². The number of hydrogen-bond donors (Lipinski definition) is 12. The van der Waals surface area contributed by atoms with E-state index < -0.39 is 124 Å². The molecule has 3 heterocycles. The zero-order valence-electron chi connectivity index (χ0n) is 68.0. The molecule has 12 N–H and O–H groups in total. The Balaban J connectivity index is 1.35. The van der Waals surface area contributed by atoms with E-state index in [1.807, 2.05) is 6.08 Å². The highest BCUT2D eigenvalue weighted by Crippen LogP contribution is 2.33. The molecule has 0 radical (unpaired) electrons. The minimum Gasteiger partial charge on any atom is -0.394 e. The number of amides is 1. The first-order valence-electron chi connectivity index (χ1n) is 44.0. The van der Waals surface area contributed by atoms with Gasteiger partial charge in [0.2, 0.25) is 5.91 Å². The molecule has 109 heavy (non-hydrogen) atoms. The molecule has 3 aliphatic rings. The average molecular weight is 1540 g/mol. The molecule has 1 amide bonds. The van der Waals surface area contributed by atoms with Gasteiger partial charge in [-0.3, -0.25) is 4.79 Å². The van der Waals surface area contributed by atoms with Crippen LogP contribution in [-0.4, -0.2) is 193 Å². The zero-order valence-corrected chi connectivity index (χ0v) is 68.0. The van der Waals surface area contributed by atoms with Crippen molar-refractivity contribution in [2.24, 2.45) is 0 Å². The van der Waals surface area contributed by atoms with Crippen LogP contribution < -0.4 is 5.32 Å². The number of hydrogen-bond acceptors (Lipinski definition) is 18. The molecular formula is C90H159NO18. The van der Waals surface area contributed by atoms with E-state index >= 15 is 0 Å². The van der Waals surface area contributed by atoms with E-state index in [4.69, 9.17) is 28.4 Å². The minimum atomic E-state index is -1.99. The third-order valence-corrected chi connectivity index (χ3v) is 21.4. The van der Waals surface area contributed by atoms with Crippen LogP contribution in [0.5, 0.6) is 0 Å². The number of rotatable bonds is 70. The van der Waals surface area contributed by atoms with Crippen molar-refractivity contribution in [3.05, 3.63) is 97.2 Å². The molecular weight excluding hydrogens is 1380 g/mol. The van der Waals surface area contributed by atoms with Gasteiger partial charge in [0.15, 0.2) is 18.9 Å². The summed E-state index contributed by atoms with van der Waals surface area (Å²) in [6, 6.07) is -0.998. The third kappa shape index (κ3) is 48.0. The maximum absolute atomic E-state index is 13.5. The van der Waals surface area contributed by atoms with Crippen molar-refractivity contribution in [3.63, 3.8) is 0 Å². The van der Waals surface area contributed by atoms with Gasteiger partial charge in [-0.05, 0) is 83.5 Å². The molecule has 0 bridgehead atoms. The first-order chi connectivity index (χ1) is 53.3. The van der Waals surface area contributed by atoms with Gasteiger partial charge in [-0.15, -0.1) is 0 Å². The molecule has 0 aromatic rings. The van der Waals surface area contributed by atoms with Crippen LogP contribution in [0.15, 0.2) is 97.2 Å². The lowest BCUT2D eigenvalue weighted by atomic mass is 9.96. The monoisotopic (exact) mass is 1540 g/mol. The van der Waals surface area contributed by atoms with E-state index in [2.05, 4.69) is 104 Å². The summed E-state index contributed by atoms with van der Waals surface area (Å²) in [5.74, 6) is -0.285. The van der Waals surface area contributed by atoms with Crippen molar-refractivity contribution in [2.75, 3.05) is 26.4 Å². The number of allylic oxidation sites excluding steroid dienone is 15. The van der Waals surface area contributed by atoms with Crippen LogP contribution >= 0.6 is 0 Å². The predicted molar refractivity (Wildman–Crippen MR) is 438 cm³/mol. The molecule has 632 valence electrons. The van der Waals surface area contributed by atoms with Gasteiger partial charge >= 0.3 is 0 Å². The second kappa shape index (κ2) is 69.1. The summed E-state index contributed by atoms with van der Waals surface area (Å²) in [6.45, 7) is 1.64. The van der Waals surface area contributed by atoms with Gasteiger partial charge in [-0.25, -0.2) is 0 Å². The Morgan fingerprint density at radius 1 is 0.339 bits per heavy atom. The van der Waals surface area contributed by atoms with Crippen LogP contribution in [0.25, 0.3) is 0 Å². The largest absolute Gasteiger partial charge is 0.394 e. The fourth-order valence-corrected chi connectivity index (χ4v) is 14.4. The van der Waals surface area contributed by atoms with E-state index in [1.54, 1.807) is 6.08 Å². The SMILES string of the molecule is CC/C=C\C/C=C\C/C=C\C/C=C\C/C=C\C/C=C\CCCCCCCCCCCCCCCCC(=O)NC(COC1OC(CO)C(OC2OC(CO)C(OC3OC(CO)C(O)C(O)C3O)C(O)C2O)C(O)C1O)C(O)/C=C/CC/C=C/CCCCCCCCCCCCCCCCCCCCCCCCCCC. The summed E-state index contributed by atoms with van der Waals surface area (Å²) in [5, 5.41) is 121. The highest BCUT2D eigenvalue weighted by molar-refractivity contribution is 5.76. The number of carbonyl (C=O) groups is 1. The van der Waals surface area contributed by atoms with Crippen LogP contribution in [-0.2, 0) is 33.2 Å². The first kappa shape index (κ1) is 99.9. The van der Waals surface area contributed by atoms with E-state index in [9.17, 15) is 61.0 Å². The molecule has 0 aromatic carbocycles. The van der Waals surface area contributed by atoms with Crippen LogP contribution in [0.3, 0.4) is 0 Å². The maximum Gasteiger partial charge on any atom is 0.220 e. The van der Waals surface area contributed by atoms with Crippen LogP contribution in [0.2, 0.25) is 0 Å². The third-order valence-electron chi connectivity index (χ3n) is 21.4. The second-order valence-corrected chi connectivity index (χ2v) is 31.0. The quantitative estimate of drug-likeness (QED) is 0.0199. The van der Waals surface area contributed by atoms with Gasteiger partial charge in [-0.2, -0.15) is 0 Å². The summed E-state index contributed by atoms with van der Waals surface area (Å²) in [4.78, 5) is 13.5. The highest BCUT2D eigenvalue weighted by atomic mass is 16.8. The van der Waals surface area contributed by atoms with Crippen LogP contribution in [0, 0.1) is 0 Å². The van der Waals surface area contributed by atoms with Crippen molar-refractivity contribution >= 4 is 5.91 Å². The van der Waals surface area contributed by atoms with E-state index in [0.717, 1.165) is 83.5 Å². The lowest BCUT2D eigenvalue weighted by molar-refractivity contribution is -0.379. The van der Waals surface area contributed by atoms with Gasteiger partial charge < -0.3 is 89.9 Å². The van der Waals surface area contributed by atoms with Gasteiger partial charge in [-0.1, -0.05) is 342 Å². The number of carbonyl (C=O) groups excluding carboxylic acids is 1. The Labute approximate surface area is 660 Å². The van der Waals surface area contributed by atoms with Crippen molar-refractivity contribution in [3.8, 4) is 0 Å². The molecule has 0 saturated carbocycles. The Hall–Kier alpha value is -3.29. The topological polar surface area (TPSA) is 307 Å². The van der Waals surface area contributed by atoms with Crippen molar-refractivity contribution < 1.29 is 89.4 Å². The molecule has 17 unspecified atom stereocenters. The minimum absolute atomic E-state index is 0.230. The Kier molecular flexibility index (Phi) is 63.3. The number of nitrogens with one attached hydrogen (secondary N) is 1. The molecule has 3 aliphatic heterocycles. The molecule has 19 nitrogen and oxygen atoms in total. The van der Waals surface area contributed by atoms with Gasteiger partial charge in [0.05, 0.1) is 38.6 Å². The van der Waals surface area contributed by atoms with Crippen molar-refractivity contribution in [2.45, 2.75) is 439 Å². The molecule has 0 spiro atoms. The lowest BCUT2D eigenvalue weighted by Crippen LogP contribution is -2.66. The molecule has 3 rings (SSSR count). The first-order valence-corrected chi connectivity index (χ1v) is 44.0. The molecule has 3 fully saturated rings. The number of aliphatic hydroxyl groups excluding tert-OH is 11. The standard InChI is InChI=1S/C90H159NO18/c1-3-5-7-9-11-13-15-17-19-21-23-25-27-29-31-33-35-36-38-40-42-44-46-48-50-52-54-56-58-60-62-64-66-68-78(96)91-73(74(95)67-65-63-61-59-57-55-53-51-49-47-45-43-41-39-37-34-32-30-28-26-24-22-20-18-16-14-12-10-8-6-4-2)72-104-88-84(102)81(99)86(76(70-93)106-88)109-90-85(103)82(100)87(77(71-94)107-90)108-89-83(101)80(98)79(97)75(69-92)105-89/h5,7,11,13,17,19,23,25,29,31,35-36,57,59,65,67,73-77,79-90,92-95,97-103H,3-4,6,8-10,12,14-16,18,20-22,24,26-28,30,32-34,37-56,58,60-64,66,68-72H2,1-2H3,(H,91,96)/b7-5-,13-11-,19-17-,25-23-,31-29-,36-35-,59-57+,67-65+. The van der Waals surface area contributed by atoms with Crippen molar-refractivity contribution in [1.82, 2.24) is 5.32 Å². The smallest absolute Gasteiger partial charge is 0.220 e. The van der Waals surface area contributed by atoms with Gasteiger partial charge in [0.1, 0.15) is 73.2 Å². The average Bonchev–Trinajstić information content (AvgIpc) is 0.782. The van der Waals surface area contributed by atoms with E-state index in [-0.39, 0.29) is 18.9 Å². The lowest BCUT2D eigenvalue weighted by Gasteiger charge is -2.48. The Bertz CT molecular complexity index is 2340. The summed E-state index contributed by atoms with van der Waals surface area (Å²) in [5.41, 5.74) is 0. The summed E-state index contributed by atoms with van der Waals surface area (Å²) >= 11 is 0. The predicted octanol–water partition coefficient (Wildman–Crippen LogP) is 16.3. The van der Waals surface area contributed by atoms with Crippen LogP contribution in [0.1, 0.15) is 335 Å². The Morgan fingerprint density at radius 3 is 1.03 bits per heavy atom. The second-order valence-electron chi connectivity index (χ2n) is 31.0. The molecule has 0 aromatic heterocycles. The van der Waals surface area contributed by atoms with Crippen LogP contribution in [0.4, 0.5) is 0 Å².